The Morgan fingerprint density at radius 2 is 1.91 bits per heavy atom. The van der Waals surface area contributed by atoms with Crippen LogP contribution in [0.5, 0.6) is 5.75 Å². The van der Waals surface area contributed by atoms with Gasteiger partial charge in [0.15, 0.2) is 6.10 Å². The molecule has 47 heavy (non-hydrogen) atoms. The van der Waals surface area contributed by atoms with Crippen molar-refractivity contribution in [2.24, 2.45) is 17.8 Å². The molecule has 3 aliphatic heterocycles. The van der Waals surface area contributed by atoms with Crippen LogP contribution in [0.4, 0.5) is 5.69 Å². The minimum absolute atomic E-state index is 0.163. The maximum absolute atomic E-state index is 13.5. The Morgan fingerprint density at radius 3 is 2.68 bits per heavy atom. The SMILES string of the molecule is C[C@@H]1[C@@H](C)C/C=C/[C@H](O[C@@H]2CCOC2=O)[C@@H]2CC[C@H]2CN2C[C@@]3(CCCc4cc(Cl)ccc43)COc3ccc(cc32)C(=O)NS1(=O)=O. The predicted molar refractivity (Wildman–Crippen MR) is 179 cm³/mol. The summed E-state index contributed by atoms with van der Waals surface area (Å²) < 4.78 is 47.3. The van der Waals surface area contributed by atoms with Gasteiger partial charge in [0.05, 0.1) is 30.3 Å². The number of carbonyl (C=O) groups is 2. The first-order valence-corrected chi connectivity index (χ1v) is 18.8. The molecule has 11 heteroatoms. The molecule has 3 heterocycles. The average Bonchev–Trinajstić information content (AvgIpc) is 3.36. The van der Waals surface area contributed by atoms with E-state index in [-0.39, 0.29) is 40.8 Å². The Hall–Kier alpha value is -3.08. The molecule has 0 aromatic heterocycles. The fourth-order valence-electron chi connectivity index (χ4n) is 8.08. The predicted octanol–water partition coefficient (Wildman–Crippen LogP) is 5.58. The zero-order valence-corrected chi connectivity index (χ0v) is 28.5. The number of nitrogens with zero attached hydrogens (tertiary/aromatic N) is 1. The second-order valence-electron chi connectivity index (χ2n) is 14.2. The van der Waals surface area contributed by atoms with Gasteiger partial charge >= 0.3 is 5.97 Å². The van der Waals surface area contributed by atoms with Crippen LogP contribution in [0.2, 0.25) is 5.02 Å². The van der Waals surface area contributed by atoms with E-state index in [2.05, 4.69) is 21.8 Å². The Labute approximate surface area is 282 Å². The molecule has 1 saturated carbocycles. The van der Waals surface area contributed by atoms with E-state index in [4.69, 9.17) is 25.8 Å². The molecule has 252 valence electrons. The molecular weight excluding hydrogens is 640 g/mol. The molecule has 0 unspecified atom stereocenters. The lowest BCUT2D eigenvalue weighted by Gasteiger charge is -2.46. The van der Waals surface area contributed by atoms with Crippen molar-refractivity contribution in [3.05, 3.63) is 70.3 Å². The number of benzene rings is 2. The van der Waals surface area contributed by atoms with Crippen molar-refractivity contribution < 1.29 is 32.2 Å². The maximum Gasteiger partial charge on any atom is 0.335 e. The van der Waals surface area contributed by atoms with Crippen molar-refractivity contribution in [3.63, 3.8) is 0 Å². The number of hydrogen-bond donors (Lipinski definition) is 1. The van der Waals surface area contributed by atoms with E-state index in [0.29, 0.717) is 44.9 Å². The van der Waals surface area contributed by atoms with Crippen LogP contribution in [-0.2, 0) is 36.1 Å². The van der Waals surface area contributed by atoms with Crippen LogP contribution in [0, 0.1) is 17.8 Å². The van der Waals surface area contributed by atoms with Crippen LogP contribution in [0.25, 0.3) is 0 Å². The van der Waals surface area contributed by atoms with Crippen LogP contribution in [0.3, 0.4) is 0 Å². The number of aryl methyl sites for hydroxylation is 1. The number of esters is 1. The Balaban J connectivity index is 1.29. The first-order chi connectivity index (χ1) is 22.5. The second kappa shape index (κ2) is 12.7. The van der Waals surface area contributed by atoms with Crippen molar-refractivity contribution in [2.45, 2.75) is 81.7 Å². The van der Waals surface area contributed by atoms with Gasteiger partial charge in [0, 0.05) is 35.5 Å². The molecule has 5 aliphatic rings. The van der Waals surface area contributed by atoms with Gasteiger partial charge in [0.1, 0.15) is 5.75 Å². The lowest BCUT2D eigenvalue weighted by atomic mass is 9.68. The van der Waals surface area contributed by atoms with Gasteiger partial charge in [-0.2, -0.15) is 0 Å². The number of hydrogen-bond acceptors (Lipinski definition) is 8. The summed E-state index contributed by atoms with van der Waals surface area (Å²) in [7, 11) is -3.97. The van der Waals surface area contributed by atoms with Gasteiger partial charge in [-0.3, -0.25) is 4.79 Å². The van der Waals surface area contributed by atoms with Crippen molar-refractivity contribution in [2.75, 3.05) is 31.2 Å². The third-order valence-electron chi connectivity index (χ3n) is 11.2. The van der Waals surface area contributed by atoms with Crippen molar-refractivity contribution in [1.82, 2.24) is 4.72 Å². The first-order valence-electron chi connectivity index (χ1n) is 16.9. The largest absolute Gasteiger partial charge is 0.490 e. The summed E-state index contributed by atoms with van der Waals surface area (Å²) in [6.45, 7) is 5.70. The molecule has 2 aromatic carbocycles. The zero-order chi connectivity index (χ0) is 32.9. The van der Waals surface area contributed by atoms with Gasteiger partial charge < -0.3 is 19.1 Å². The summed E-state index contributed by atoms with van der Waals surface area (Å²) in [6, 6.07) is 11.4. The number of nitrogens with one attached hydrogen (secondary N) is 1. The standard InChI is InChI=1S/C36H43ClN2O7S/c1-22-5-3-7-31(46-33-14-16-44-35(33)41)28-11-8-26(28)19-39-20-36(15-4-6-24-17-27(37)10-12-29(24)36)21-45-32-13-9-25(18-30(32)39)34(40)38-47(42,43)23(22)2/h3,7,9-10,12-13,17-18,22-23,26,28,31,33H,4-6,8,11,14-16,19-21H2,1-2H3,(H,38,40)/b7-3+/t22-,23+,26-,28+,31-,33+,36-/m0/s1. The molecule has 2 aromatic rings. The van der Waals surface area contributed by atoms with E-state index < -0.39 is 27.3 Å². The van der Waals surface area contributed by atoms with E-state index in [1.165, 1.54) is 11.1 Å². The van der Waals surface area contributed by atoms with Gasteiger partial charge in [-0.25, -0.2) is 17.9 Å². The van der Waals surface area contributed by atoms with Gasteiger partial charge in [-0.05, 0) is 105 Å². The lowest BCUT2D eigenvalue weighted by Crippen LogP contribution is -2.50. The van der Waals surface area contributed by atoms with Crippen LogP contribution < -0.4 is 14.4 Å². The fraction of sp³-hybridized carbons (Fsp3) is 0.556. The van der Waals surface area contributed by atoms with Crippen LogP contribution in [-0.4, -0.2) is 64.1 Å². The highest BCUT2D eigenvalue weighted by molar-refractivity contribution is 7.90. The summed E-state index contributed by atoms with van der Waals surface area (Å²) in [6.07, 6.45) is 8.96. The van der Waals surface area contributed by atoms with E-state index in [0.717, 1.165) is 42.8 Å². The number of carbonyl (C=O) groups excluding carboxylic acids is 2. The van der Waals surface area contributed by atoms with Crippen LogP contribution >= 0.6 is 11.6 Å². The number of fused-ring (bicyclic) bond motifs is 4. The van der Waals surface area contributed by atoms with Gasteiger partial charge in [0.25, 0.3) is 5.91 Å². The zero-order valence-electron chi connectivity index (χ0n) is 27.0. The molecule has 1 amide bonds. The van der Waals surface area contributed by atoms with E-state index in [1.54, 1.807) is 25.1 Å². The number of anilines is 1. The summed E-state index contributed by atoms with van der Waals surface area (Å²) in [5.74, 6) is -0.141. The van der Waals surface area contributed by atoms with Gasteiger partial charge in [0.2, 0.25) is 10.0 Å². The summed E-state index contributed by atoms with van der Waals surface area (Å²) >= 11 is 6.43. The molecule has 7 rings (SSSR count). The van der Waals surface area contributed by atoms with Crippen molar-refractivity contribution in [1.29, 1.82) is 0 Å². The van der Waals surface area contributed by atoms with Crippen LogP contribution in [0.15, 0.2) is 48.6 Å². The molecule has 1 N–H and O–H groups in total. The Morgan fingerprint density at radius 1 is 1.06 bits per heavy atom. The van der Waals surface area contributed by atoms with E-state index in [1.807, 2.05) is 25.1 Å². The first kappa shape index (κ1) is 32.5. The molecule has 1 saturated heterocycles. The average molecular weight is 683 g/mol. The Bertz CT molecular complexity index is 1700. The summed E-state index contributed by atoms with van der Waals surface area (Å²) in [5.41, 5.74) is 3.24. The number of ether oxygens (including phenoxy) is 3. The monoisotopic (exact) mass is 682 g/mol. The number of rotatable bonds is 2. The third-order valence-corrected chi connectivity index (χ3v) is 13.4. The molecule has 7 atom stereocenters. The normalized spacial score (nSPS) is 34.1. The number of halogens is 1. The quantitative estimate of drug-likeness (QED) is 0.323. The van der Waals surface area contributed by atoms with E-state index in [9.17, 15) is 18.0 Å². The van der Waals surface area contributed by atoms with Gasteiger partial charge in [-0.15, -0.1) is 0 Å². The Kier molecular flexibility index (Phi) is 8.81. The van der Waals surface area contributed by atoms with Crippen LogP contribution in [0.1, 0.15) is 73.9 Å². The molecule has 1 spiro atoms. The van der Waals surface area contributed by atoms with Gasteiger partial charge in [-0.1, -0.05) is 36.7 Å². The molecule has 9 nitrogen and oxygen atoms in total. The fourth-order valence-corrected chi connectivity index (χ4v) is 9.56. The topological polar surface area (TPSA) is 111 Å². The highest BCUT2D eigenvalue weighted by atomic mass is 35.5. The minimum Gasteiger partial charge on any atom is -0.490 e. The maximum atomic E-state index is 13.5. The highest BCUT2D eigenvalue weighted by Crippen LogP contribution is 2.47. The molecule has 2 bridgehead atoms. The van der Waals surface area contributed by atoms with Crippen molar-refractivity contribution in [3.8, 4) is 5.75 Å². The van der Waals surface area contributed by atoms with E-state index >= 15 is 0 Å². The number of allylic oxidation sites excluding steroid dienone is 1. The number of amides is 1. The molecule has 2 aliphatic carbocycles. The summed E-state index contributed by atoms with van der Waals surface area (Å²) in [4.78, 5) is 28.3. The van der Waals surface area contributed by atoms with Crippen molar-refractivity contribution >= 4 is 39.2 Å². The lowest BCUT2D eigenvalue weighted by molar-refractivity contribution is -0.152. The smallest absolute Gasteiger partial charge is 0.335 e. The summed E-state index contributed by atoms with van der Waals surface area (Å²) in [5, 5.41) is -0.0921. The molecular formula is C36H43ClN2O7S. The second-order valence-corrected chi connectivity index (χ2v) is 16.6. The highest BCUT2D eigenvalue weighted by Gasteiger charge is 2.45. The molecule has 2 fully saturated rings. The third kappa shape index (κ3) is 6.29. The minimum atomic E-state index is -3.97. The molecule has 0 radical (unpaired) electrons. The number of cyclic esters (lactones) is 1. The number of sulfonamides is 1.